The van der Waals surface area contributed by atoms with Crippen molar-refractivity contribution in [1.29, 1.82) is 0 Å². The van der Waals surface area contributed by atoms with Gasteiger partial charge in [-0.05, 0) is 43.4 Å². The number of hydrogen-bond donors (Lipinski definition) is 0. The number of rotatable bonds is 2. The van der Waals surface area contributed by atoms with E-state index in [9.17, 15) is 4.79 Å². The van der Waals surface area contributed by atoms with Gasteiger partial charge in [-0.25, -0.2) is 0 Å². The molecule has 0 spiro atoms. The SMILES string of the molecule is Cc1cc(C(=O)C2CCCC(C)C2)ccc1Br. The smallest absolute Gasteiger partial charge is 0.165 e. The van der Waals surface area contributed by atoms with E-state index in [1.165, 1.54) is 12.8 Å². The maximum Gasteiger partial charge on any atom is 0.165 e. The van der Waals surface area contributed by atoms with Crippen LogP contribution in [0.2, 0.25) is 0 Å². The fraction of sp³-hybridized carbons (Fsp3) is 0.533. The van der Waals surface area contributed by atoms with Crippen LogP contribution in [0.3, 0.4) is 0 Å². The highest BCUT2D eigenvalue weighted by molar-refractivity contribution is 9.10. The molecule has 0 heterocycles. The number of carbonyl (C=O) groups excluding carboxylic acids is 1. The summed E-state index contributed by atoms with van der Waals surface area (Å²) in [6.45, 7) is 4.29. The number of carbonyl (C=O) groups is 1. The van der Waals surface area contributed by atoms with Crippen molar-refractivity contribution in [2.75, 3.05) is 0 Å². The minimum absolute atomic E-state index is 0.249. The Bertz CT molecular complexity index is 425. The van der Waals surface area contributed by atoms with Crippen molar-refractivity contribution in [2.24, 2.45) is 11.8 Å². The monoisotopic (exact) mass is 294 g/mol. The highest BCUT2D eigenvalue weighted by Gasteiger charge is 2.25. The lowest BCUT2D eigenvalue weighted by Gasteiger charge is -2.25. The first-order valence-electron chi connectivity index (χ1n) is 6.38. The first kappa shape index (κ1) is 12.8. The average Bonchev–Trinajstić information content (AvgIpc) is 2.32. The topological polar surface area (TPSA) is 17.1 Å². The zero-order valence-corrected chi connectivity index (χ0v) is 12.1. The summed E-state index contributed by atoms with van der Waals surface area (Å²) in [5.41, 5.74) is 2.02. The summed E-state index contributed by atoms with van der Waals surface area (Å²) in [6.07, 6.45) is 4.61. The Balaban J connectivity index is 2.15. The number of aryl methyl sites for hydroxylation is 1. The fourth-order valence-electron chi connectivity index (χ4n) is 2.71. The molecule has 2 heteroatoms. The van der Waals surface area contributed by atoms with Crippen LogP contribution in [0.5, 0.6) is 0 Å². The molecular formula is C15H19BrO. The number of hydrogen-bond acceptors (Lipinski definition) is 1. The number of halogens is 1. The van der Waals surface area contributed by atoms with Crippen LogP contribution in [0, 0.1) is 18.8 Å². The summed E-state index contributed by atoms with van der Waals surface area (Å²) in [6, 6.07) is 5.93. The van der Waals surface area contributed by atoms with E-state index in [0.29, 0.717) is 11.7 Å². The predicted molar refractivity (Wildman–Crippen MR) is 74.3 cm³/mol. The number of ketones is 1. The Labute approximate surface area is 112 Å². The van der Waals surface area contributed by atoms with Gasteiger partial charge < -0.3 is 0 Å². The van der Waals surface area contributed by atoms with Crippen LogP contribution in [0.4, 0.5) is 0 Å². The van der Waals surface area contributed by atoms with Crippen LogP contribution in [0.15, 0.2) is 22.7 Å². The largest absolute Gasteiger partial charge is 0.294 e. The first-order chi connectivity index (χ1) is 8.08. The third-order valence-corrected chi connectivity index (χ3v) is 4.64. The molecule has 1 saturated carbocycles. The Morgan fingerprint density at radius 1 is 1.35 bits per heavy atom. The van der Waals surface area contributed by atoms with Crippen LogP contribution in [-0.2, 0) is 0 Å². The van der Waals surface area contributed by atoms with Crippen molar-refractivity contribution >= 4 is 21.7 Å². The molecule has 0 N–H and O–H groups in total. The lowest BCUT2D eigenvalue weighted by atomic mass is 9.78. The molecule has 0 amide bonds. The van der Waals surface area contributed by atoms with Gasteiger partial charge in [-0.3, -0.25) is 4.79 Å². The zero-order valence-electron chi connectivity index (χ0n) is 10.5. The molecule has 92 valence electrons. The lowest BCUT2D eigenvalue weighted by molar-refractivity contribution is 0.0868. The molecule has 0 aromatic heterocycles. The highest BCUT2D eigenvalue weighted by atomic mass is 79.9. The van der Waals surface area contributed by atoms with E-state index < -0.39 is 0 Å². The van der Waals surface area contributed by atoms with E-state index in [-0.39, 0.29) is 5.92 Å². The number of Topliss-reactive ketones (excluding diaryl/α,β-unsaturated/α-hetero) is 1. The molecule has 1 aliphatic carbocycles. The van der Waals surface area contributed by atoms with Crippen molar-refractivity contribution in [3.63, 3.8) is 0 Å². The van der Waals surface area contributed by atoms with Crippen molar-refractivity contribution in [3.8, 4) is 0 Å². The first-order valence-corrected chi connectivity index (χ1v) is 7.17. The second-order valence-electron chi connectivity index (χ2n) is 5.30. The van der Waals surface area contributed by atoms with E-state index in [4.69, 9.17) is 0 Å². The molecule has 17 heavy (non-hydrogen) atoms. The van der Waals surface area contributed by atoms with Crippen LogP contribution in [-0.4, -0.2) is 5.78 Å². The van der Waals surface area contributed by atoms with Crippen molar-refractivity contribution in [3.05, 3.63) is 33.8 Å². The van der Waals surface area contributed by atoms with Gasteiger partial charge in [-0.15, -0.1) is 0 Å². The van der Waals surface area contributed by atoms with Gasteiger partial charge in [0.05, 0.1) is 0 Å². The van der Waals surface area contributed by atoms with Crippen LogP contribution < -0.4 is 0 Å². The van der Waals surface area contributed by atoms with E-state index in [0.717, 1.165) is 28.4 Å². The third kappa shape index (κ3) is 2.98. The summed E-state index contributed by atoms with van der Waals surface area (Å²) in [7, 11) is 0. The Hall–Kier alpha value is -0.630. The predicted octanol–water partition coefficient (Wildman–Crippen LogP) is 4.77. The molecule has 0 aliphatic heterocycles. The quantitative estimate of drug-likeness (QED) is 0.718. The summed E-state index contributed by atoms with van der Waals surface area (Å²) in [5.74, 6) is 1.29. The molecule has 2 rings (SSSR count). The summed E-state index contributed by atoms with van der Waals surface area (Å²) in [5, 5.41) is 0. The van der Waals surface area contributed by atoms with E-state index in [1.54, 1.807) is 0 Å². The van der Waals surface area contributed by atoms with Gasteiger partial charge >= 0.3 is 0 Å². The Kier molecular flexibility index (Phi) is 4.03. The van der Waals surface area contributed by atoms with Gasteiger partial charge in [0.2, 0.25) is 0 Å². The minimum Gasteiger partial charge on any atom is -0.294 e. The molecular weight excluding hydrogens is 276 g/mol. The molecule has 1 fully saturated rings. The van der Waals surface area contributed by atoms with Gasteiger partial charge in [-0.2, -0.15) is 0 Å². The Morgan fingerprint density at radius 3 is 2.76 bits per heavy atom. The van der Waals surface area contributed by atoms with Gasteiger partial charge in [0, 0.05) is 16.0 Å². The number of benzene rings is 1. The van der Waals surface area contributed by atoms with Gasteiger partial charge in [-0.1, -0.05) is 41.8 Å². The second-order valence-corrected chi connectivity index (χ2v) is 6.15. The maximum absolute atomic E-state index is 12.4. The average molecular weight is 295 g/mol. The molecule has 2 atom stereocenters. The van der Waals surface area contributed by atoms with E-state index >= 15 is 0 Å². The molecule has 1 aromatic carbocycles. The summed E-state index contributed by atoms with van der Waals surface area (Å²) in [4.78, 5) is 12.4. The molecule has 1 aliphatic rings. The molecule has 2 unspecified atom stereocenters. The maximum atomic E-state index is 12.4. The fourth-order valence-corrected chi connectivity index (χ4v) is 2.95. The van der Waals surface area contributed by atoms with E-state index in [1.807, 2.05) is 25.1 Å². The van der Waals surface area contributed by atoms with E-state index in [2.05, 4.69) is 22.9 Å². The van der Waals surface area contributed by atoms with Gasteiger partial charge in [0.25, 0.3) is 0 Å². The van der Waals surface area contributed by atoms with Crippen LogP contribution in [0.25, 0.3) is 0 Å². The molecule has 1 aromatic rings. The van der Waals surface area contributed by atoms with Crippen LogP contribution >= 0.6 is 15.9 Å². The van der Waals surface area contributed by atoms with Crippen molar-refractivity contribution < 1.29 is 4.79 Å². The van der Waals surface area contributed by atoms with Gasteiger partial charge in [0.1, 0.15) is 0 Å². The highest BCUT2D eigenvalue weighted by Crippen LogP contribution is 2.31. The Morgan fingerprint density at radius 2 is 2.12 bits per heavy atom. The summed E-state index contributed by atoms with van der Waals surface area (Å²) >= 11 is 3.47. The summed E-state index contributed by atoms with van der Waals surface area (Å²) < 4.78 is 1.08. The molecule has 0 radical (unpaired) electrons. The third-order valence-electron chi connectivity index (χ3n) is 3.75. The molecule has 1 nitrogen and oxygen atoms in total. The standard InChI is InChI=1S/C15H19BrO/c1-10-4-3-5-12(8-10)15(17)13-6-7-14(16)11(2)9-13/h6-7,9-10,12H,3-5,8H2,1-2H3. The lowest BCUT2D eigenvalue weighted by Crippen LogP contribution is -2.21. The minimum atomic E-state index is 0.249. The van der Waals surface area contributed by atoms with Crippen molar-refractivity contribution in [2.45, 2.75) is 39.5 Å². The molecule has 0 saturated heterocycles. The zero-order chi connectivity index (χ0) is 12.4. The van der Waals surface area contributed by atoms with Crippen molar-refractivity contribution in [1.82, 2.24) is 0 Å². The second kappa shape index (κ2) is 5.34. The van der Waals surface area contributed by atoms with Crippen LogP contribution in [0.1, 0.15) is 48.5 Å². The van der Waals surface area contributed by atoms with Gasteiger partial charge in [0.15, 0.2) is 5.78 Å². The molecule has 0 bridgehead atoms. The normalized spacial score (nSPS) is 24.6.